The fourth-order valence-electron chi connectivity index (χ4n) is 0.790. The molecule has 0 aliphatic heterocycles. The normalized spacial score (nSPS) is 10.8. The molecule has 0 amide bonds. The van der Waals surface area contributed by atoms with Crippen molar-refractivity contribution in [2.24, 2.45) is 0 Å². The Morgan fingerprint density at radius 3 is 2.00 bits per heavy atom. The van der Waals surface area contributed by atoms with Crippen LogP contribution in [-0.4, -0.2) is 23.4 Å². The summed E-state index contributed by atoms with van der Waals surface area (Å²) < 4.78 is 5.46. The molecule has 0 saturated carbocycles. The van der Waals surface area contributed by atoms with Crippen LogP contribution in [0.4, 0.5) is 0 Å². The molecule has 0 aromatic heterocycles. The lowest BCUT2D eigenvalue weighted by Crippen LogP contribution is -2.13. The van der Waals surface area contributed by atoms with Crippen LogP contribution >= 0.6 is 31.9 Å². The summed E-state index contributed by atoms with van der Waals surface area (Å²) in [6, 6.07) is 0. The second-order valence-electron chi connectivity index (χ2n) is 2.03. The third kappa shape index (κ3) is 5.69. The van der Waals surface area contributed by atoms with Crippen molar-refractivity contribution in [3.05, 3.63) is 0 Å². The van der Waals surface area contributed by atoms with Crippen molar-refractivity contribution < 1.29 is 4.74 Å². The standard InChI is InChI=1S/C7H14Br2O/c1-2-10-7(3-5-8)4-6-9/h7H,2-6H2,1H3. The maximum atomic E-state index is 5.46. The molecule has 0 radical (unpaired) electrons. The zero-order valence-corrected chi connectivity index (χ0v) is 9.45. The SMILES string of the molecule is CCOC(CCBr)CCBr. The minimum Gasteiger partial charge on any atom is -0.378 e. The predicted octanol–water partition coefficient (Wildman–Crippen LogP) is 2.96. The molecule has 0 aromatic carbocycles. The van der Waals surface area contributed by atoms with E-state index >= 15 is 0 Å². The van der Waals surface area contributed by atoms with Crippen molar-refractivity contribution >= 4 is 31.9 Å². The van der Waals surface area contributed by atoms with Crippen LogP contribution in [0.25, 0.3) is 0 Å². The molecule has 0 bridgehead atoms. The van der Waals surface area contributed by atoms with Crippen molar-refractivity contribution in [2.45, 2.75) is 25.9 Å². The largest absolute Gasteiger partial charge is 0.378 e. The lowest BCUT2D eigenvalue weighted by atomic mass is 10.2. The Hall–Kier alpha value is 0.920. The van der Waals surface area contributed by atoms with Gasteiger partial charge in [-0.3, -0.25) is 0 Å². The van der Waals surface area contributed by atoms with Gasteiger partial charge >= 0.3 is 0 Å². The average molecular weight is 274 g/mol. The highest BCUT2D eigenvalue weighted by atomic mass is 79.9. The molecule has 0 aromatic rings. The smallest absolute Gasteiger partial charge is 0.0590 e. The number of hydrogen-bond donors (Lipinski definition) is 0. The van der Waals surface area contributed by atoms with Crippen LogP contribution in [0.15, 0.2) is 0 Å². The van der Waals surface area contributed by atoms with Gasteiger partial charge in [0.05, 0.1) is 6.10 Å². The van der Waals surface area contributed by atoms with Gasteiger partial charge in [0.25, 0.3) is 0 Å². The molecular formula is C7H14Br2O. The molecule has 62 valence electrons. The molecule has 0 spiro atoms. The van der Waals surface area contributed by atoms with Crippen molar-refractivity contribution in [3.63, 3.8) is 0 Å². The van der Waals surface area contributed by atoms with E-state index < -0.39 is 0 Å². The van der Waals surface area contributed by atoms with Gasteiger partial charge in [-0.2, -0.15) is 0 Å². The van der Waals surface area contributed by atoms with Crippen LogP contribution in [0, 0.1) is 0 Å². The fourth-order valence-corrected chi connectivity index (χ4v) is 1.81. The Labute approximate surface area is 79.8 Å². The molecule has 0 atom stereocenters. The van der Waals surface area contributed by atoms with E-state index in [1.165, 1.54) is 0 Å². The van der Waals surface area contributed by atoms with Gasteiger partial charge in [-0.05, 0) is 19.8 Å². The summed E-state index contributed by atoms with van der Waals surface area (Å²) in [5, 5.41) is 2.06. The van der Waals surface area contributed by atoms with E-state index in [2.05, 4.69) is 31.9 Å². The van der Waals surface area contributed by atoms with Crippen LogP contribution in [0.1, 0.15) is 19.8 Å². The average Bonchev–Trinajstić information content (AvgIpc) is 1.90. The van der Waals surface area contributed by atoms with Crippen LogP contribution in [0.3, 0.4) is 0 Å². The zero-order valence-electron chi connectivity index (χ0n) is 6.28. The van der Waals surface area contributed by atoms with E-state index in [4.69, 9.17) is 4.74 Å². The minimum atomic E-state index is 0.434. The maximum Gasteiger partial charge on any atom is 0.0590 e. The summed E-state index contributed by atoms with van der Waals surface area (Å²) in [7, 11) is 0. The van der Waals surface area contributed by atoms with Crippen LogP contribution in [0.2, 0.25) is 0 Å². The van der Waals surface area contributed by atoms with Crippen LogP contribution in [-0.2, 0) is 4.74 Å². The summed E-state index contributed by atoms with van der Waals surface area (Å²) >= 11 is 6.79. The summed E-state index contributed by atoms with van der Waals surface area (Å²) in [6.07, 6.45) is 2.66. The van der Waals surface area contributed by atoms with Gasteiger partial charge in [-0.25, -0.2) is 0 Å². The summed E-state index contributed by atoms with van der Waals surface area (Å²) in [4.78, 5) is 0. The maximum absolute atomic E-state index is 5.46. The lowest BCUT2D eigenvalue weighted by molar-refractivity contribution is 0.0598. The molecule has 0 aliphatic rings. The van der Waals surface area contributed by atoms with Crippen molar-refractivity contribution in [1.29, 1.82) is 0 Å². The van der Waals surface area contributed by atoms with Gasteiger partial charge in [-0.15, -0.1) is 0 Å². The zero-order chi connectivity index (χ0) is 7.82. The fraction of sp³-hybridized carbons (Fsp3) is 1.00. The second kappa shape index (κ2) is 8.02. The first-order valence-electron chi connectivity index (χ1n) is 3.58. The molecule has 0 heterocycles. The molecule has 1 nitrogen and oxygen atoms in total. The van der Waals surface area contributed by atoms with E-state index in [0.29, 0.717) is 6.10 Å². The third-order valence-electron chi connectivity index (χ3n) is 1.26. The highest BCUT2D eigenvalue weighted by Gasteiger charge is 2.04. The number of ether oxygens (including phenoxy) is 1. The van der Waals surface area contributed by atoms with Gasteiger partial charge in [-0.1, -0.05) is 31.9 Å². The first kappa shape index (κ1) is 10.9. The van der Waals surface area contributed by atoms with Crippen LogP contribution in [0.5, 0.6) is 0 Å². The highest BCUT2D eigenvalue weighted by molar-refractivity contribution is 9.09. The van der Waals surface area contributed by atoms with Gasteiger partial charge in [0, 0.05) is 17.3 Å². The summed E-state index contributed by atoms with van der Waals surface area (Å²) in [5.41, 5.74) is 0. The summed E-state index contributed by atoms with van der Waals surface area (Å²) in [5.74, 6) is 0. The number of hydrogen-bond acceptors (Lipinski definition) is 1. The topological polar surface area (TPSA) is 9.23 Å². The van der Waals surface area contributed by atoms with E-state index in [-0.39, 0.29) is 0 Å². The van der Waals surface area contributed by atoms with E-state index in [9.17, 15) is 0 Å². The van der Waals surface area contributed by atoms with E-state index in [1.807, 2.05) is 6.92 Å². The van der Waals surface area contributed by atoms with E-state index in [0.717, 1.165) is 30.1 Å². The molecular weight excluding hydrogens is 260 g/mol. The number of alkyl halides is 2. The number of rotatable bonds is 6. The van der Waals surface area contributed by atoms with Gasteiger partial charge in [0.15, 0.2) is 0 Å². The van der Waals surface area contributed by atoms with Crippen LogP contribution < -0.4 is 0 Å². The van der Waals surface area contributed by atoms with Crippen molar-refractivity contribution in [3.8, 4) is 0 Å². The summed E-state index contributed by atoms with van der Waals surface area (Å²) in [6.45, 7) is 2.86. The van der Waals surface area contributed by atoms with Gasteiger partial charge in [0.2, 0.25) is 0 Å². The third-order valence-corrected chi connectivity index (χ3v) is 2.18. The Kier molecular flexibility index (Phi) is 8.76. The van der Waals surface area contributed by atoms with Gasteiger partial charge in [0.1, 0.15) is 0 Å². The molecule has 0 aliphatic carbocycles. The Morgan fingerprint density at radius 1 is 1.20 bits per heavy atom. The molecule has 0 unspecified atom stereocenters. The molecule has 0 rings (SSSR count). The number of halogens is 2. The lowest BCUT2D eigenvalue weighted by Gasteiger charge is -2.13. The Balaban J connectivity index is 3.30. The predicted molar refractivity (Wildman–Crippen MR) is 52.2 cm³/mol. The highest BCUT2D eigenvalue weighted by Crippen LogP contribution is 2.07. The van der Waals surface area contributed by atoms with Gasteiger partial charge < -0.3 is 4.74 Å². The van der Waals surface area contributed by atoms with Crippen molar-refractivity contribution in [2.75, 3.05) is 17.3 Å². The first-order chi connectivity index (χ1) is 4.85. The molecule has 3 heteroatoms. The molecule has 0 fully saturated rings. The quantitative estimate of drug-likeness (QED) is 0.676. The minimum absolute atomic E-state index is 0.434. The van der Waals surface area contributed by atoms with Crippen molar-refractivity contribution in [1.82, 2.24) is 0 Å². The molecule has 10 heavy (non-hydrogen) atoms. The Morgan fingerprint density at radius 2 is 1.70 bits per heavy atom. The monoisotopic (exact) mass is 272 g/mol. The molecule has 0 saturated heterocycles. The second-order valence-corrected chi connectivity index (χ2v) is 3.62. The Bertz CT molecular complexity index is 54.4. The first-order valence-corrected chi connectivity index (χ1v) is 5.83. The molecule has 0 N–H and O–H groups in total. The van der Waals surface area contributed by atoms with E-state index in [1.54, 1.807) is 0 Å².